The summed E-state index contributed by atoms with van der Waals surface area (Å²) in [4.78, 5) is 18.9. The van der Waals surface area contributed by atoms with Crippen molar-refractivity contribution in [3.8, 4) is 17.6 Å². The molecule has 0 aliphatic carbocycles. The van der Waals surface area contributed by atoms with Crippen LogP contribution in [0.4, 0.5) is 8.78 Å². The number of alkyl halides is 2. The molecule has 2 aromatic carbocycles. The van der Waals surface area contributed by atoms with Crippen LogP contribution in [0.25, 0.3) is 11.0 Å². The lowest BCUT2D eigenvalue weighted by Gasteiger charge is -2.24. The summed E-state index contributed by atoms with van der Waals surface area (Å²) < 4.78 is 57.3. The van der Waals surface area contributed by atoms with Crippen molar-refractivity contribution in [2.75, 3.05) is 20.1 Å². The van der Waals surface area contributed by atoms with Gasteiger partial charge < -0.3 is 19.5 Å². The van der Waals surface area contributed by atoms with Gasteiger partial charge in [0.15, 0.2) is 0 Å². The van der Waals surface area contributed by atoms with Crippen molar-refractivity contribution in [3.05, 3.63) is 58.9 Å². The highest BCUT2D eigenvalue weighted by Crippen LogP contribution is 2.49. The Morgan fingerprint density at radius 2 is 2.22 bits per heavy atom. The van der Waals surface area contributed by atoms with Crippen molar-refractivity contribution in [2.24, 2.45) is 0 Å². The SMILES string of the molecule is [2H]C([2H])([2H])N1C(=O)c2cccc(OC(F)F)c2[C@H]2C[C@@H]1c1nc3ccc(C#CCNCC)cc3n12. The Morgan fingerprint density at radius 3 is 3.00 bits per heavy atom. The Balaban J connectivity index is 1.73. The van der Waals surface area contributed by atoms with Gasteiger partial charge in [-0.3, -0.25) is 4.79 Å². The predicted molar refractivity (Wildman–Crippen MR) is 116 cm³/mol. The van der Waals surface area contributed by atoms with Gasteiger partial charge in [-0.15, -0.1) is 0 Å². The molecular weight excluding hydrogens is 414 g/mol. The summed E-state index contributed by atoms with van der Waals surface area (Å²) in [6, 6.07) is 8.20. The lowest BCUT2D eigenvalue weighted by atomic mass is 9.97. The zero-order valence-electron chi connectivity index (χ0n) is 20.2. The first-order valence-electron chi connectivity index (χ1n) is 11.8. The molecule has 0 saturated heterocycles. The second-order valence-corrected chi connectivity index (χ2v) is 7.66. The zero-order valence-corrected chi connectivity index (χ0v) is 17.2. The number of nitrogens with one attached hydrogen (secondary N) is 1. The van der Waals surface area contributed by atoms with Crippen LogP contribution >= 0.6 is 0 Å². The summed E-state index contributed by atoms with van der Waals surface area (Å²) in [5.41, 5.74) is 2.27. The molecule has 1 aromatic heterocycles. The molecule has 2 aliphatic rings. The van der Waals surface area contributed by atoms with Crippen LogP contribution in [0.2, 0.25) is 0 Å². The number of imidazole rings is 1. The largest absolute Gasteiger partial charge is 0.434 e. The molecule has 0 saturated carbocycles. The van der Waals surface area contributed by atoms with E-state index in [1.54, 1.807) is 6.07 Å². The quantitative estimate of drug-likeness (QED) is 0.497. The van der Waals surface area contributed by atoms with Crippen LogP contribution in [0.3, 0.4) is 0 Å². The number of amides is 1. The molecule has 6 nitrogen and oxygen atoms in total. The molecule has 2 aliphatic heterocycles. The maximum absolute atomic E-state index is 13.4. The number of carbonyl (C=O) groups is 1. The van der Waals surface area contributed by atoms with E-state index in [0.717, 1.165) is 17.0 Å². The van der Waals surface area contributed by atoms with Gasteiger partial charge in [0.1, 0.15) is 11.6 Å². The van der Waals surface area contributed by atoms with Gasteiger partial charge in [-0.25, -0.2) is 4.98 Å². The third-order valence-corrected chi connectivity index (χ3v) is 5.85. The molecule has 0 unspecified atom stereocenters. The number of carbonyl (C=O) groups excluding carboxylic acids is 1. The molecule has 2 atom stereocenters. The maximum Gasteiger partial charge on any atom is 0.387 e. The summed E-state index contributed by atoms with van der Waals surface area (Å²) in [7, 11) is 0. The molecule has 2 bridgehead atoms. The van der Waals surface area contributed by atoms with Crippen LogP contribution in [0, 0.1) is 11.8 Å². The van der Waals surface area contributed by atoms with Gasteiger partial charge in [0.25, 0.3) is 5.91 Å². The lowest BCUT2D eigenvalue weighted by molar-refractivity contribution is -0.0507. The van der Waals surface area contributed by atoms with Gasteiger partial charge in [-0.05, 0) is 36.9 Å². The minimum atomic E-state index is -3.10. The molecule has 32 heavy (non-hydrogen) atoms. The molecule has 5 rings (SSSR count). The van der Waals surface area contributed by atoms with Crippen LogP contribution in [-0.2, 0) is 0 Å². The highest BCUT2D eigenvalue weighted by Gasteiger charge is 2.44. The van der Waals surface area contributed by atoms with E-state index in [9.17, 15) is 13.6 Å². The Hall–Kier alpha value is -3.44. The molecule has 0 fully saturated rings. The van der Waals surface area contributed by atoms with E-state index in [1.807, 2.05) is 23.6 Å². The van der Waals surface area contributed by atoms with E-state index in [1.165, 1.54) is 18.2 Å². The van der Waals surface area contributed by atoms with E-state index in [2.05, 4.69) is 22.1 Å². The Kier molecular flexibility index (Phi) is 4.24. The molecule has 3 heterocycles. The maximum atomic E-state index is 13.4. The number of benzene rings is 2. The van der Waals surface area contributed by atoms with Crippen molar-refractivity contribution in [1.29, 1.82) is 0 Å². The van der Waals surface area contributed by atoms with Gasteiger partial charge in [0.2, 0.25) is 0 Å². The predicted octanol–water partition coefficient (Wildman–Crippen LogP) is 3.72. The van der Waals surface area contributed by atoms with Crippen LogP contribution in [0.1, 0.15) is 56.8 Å². The fraction of sp³-hybridized carbons (Fsp3) is 0.333. The number of ether oxygens (including phenoxy) is 1. The Labute approximate surface area is 188 Å². The monoisotopic (exact) mass is 439 g/mol. The molecule has 0 spiro atoms. The van der Waals surface area contributed by atoms with E-state index >= 15 is 0 Å². The molecule has 3 aromatic rings. The fourth-order valence-electron chi connectivity index (χ4n) is 4.52. The number of fused-ring (bicyclic) bond motifs is 9. The molecule has 1 amide bonds. The average Bonchev–Trinajstić information content (AvgIpc) is 3.28. The standard InChI is InChI=1S/C24H22F2N4O2/c1-3-27-11-5-6-14-9-10-16-17(12-14)30-18-13-19(22(30)28-16)29(2)23(31)15-7-4-8-20(21(15)18)32-24(25)26/h4,7-10,12,18-19,24,27H,3,11,13H2,1-2H3/t18-,19-/m1/s1/i2D3. The van der Waals surface area contributed by atoms with Gasteiger partial charge in [0, 0.05) is 34.2 Å². The molecule has 8 heteroatoms. The second kappa shape index (κ2) is 7.92. The first kappa shape index (κ1) is 17.2. The smallest absolute Gasteiger partial charge is 0.387 e. The third-order valence-electron chi connectivity index (χ3n) is 5.85. The molecule has 0 radical (unpaired) electrons. The minimum absolute atomic E-state index is 0.0286. The van der Waals surface area contributed by atoms with Crippen molar-refractivity contribution < 1.29 is 22.4 Å². The summed E-state index contributed by atoms with van der Waals surface area (Å²) in [6.45, 7) is -2.55. The van der Waals surface area contributed by atoms with Crippen molar-refractivity contribution in [1.82, 2.24) is 19.8 Å². The van der Waals surface area contributed by atoms with Crippen molar-refractivity contribution >= 4 is 16.9 Å². The number of halogens is 2. The Bertz CT molecular complexity index is 1380. The zero-order chi connectivity index (χ0) is 24.9. The highest BCUT2D eigenvalue weighted by atomic mass is 19.3. The molecule has 1 N–H and O–H groups in total. The Morgan fingerprint density at radius 1 is 1.34 bits per heavy atom. The summed E-state index contributed by atoms with van der Waals surface area (Å²) in [5, 5.41) is 3.13. The van der Waals surface area contributed by atoms with Gasteiger partial charge in [-0.1, -0.05) is 24.8 Å². The van der Waals surface area contributed by atoms with Crippen LogP contribution in [0.15, 0.2) is 36.4 Å². The van der Waals surface area contributed by atoms with Crippen LogP contribution in [0.5, 0.6) is 5.75 Å². The number of aromatic nitrogens is 2. The van der Waals surface area contributed by atoms with E-state index in [4.69, 9.17) is 8.85 Å². The normalized spacial score (nSPS) is 20.7. The minimum Gasteiger partial charge on any atom is -0.434 e. The van der Waals surface area contributed by atoms with E-state index in [-0.39, 0.29) is 23.3 Å². The van der Waals surface area contributed by atoms with Crippen LogP contribution in [-0.4, -0.2) is 47.0 Å². The fourth-order valence-corrected chi connectivity index (χ4v) is 4.52. The number of hydrogen-bond donors (Lipinski definition) is 1. The average molecular weight is 439 g/mol. The van der Waals surface area contributed by atoms with Crippen molar-refractivity contribution in [2.45, 2.75) is 32.0 Å². The number of hydrogen-bond acceptors (Lipinski definition) is 4. The molecular formula is C24H22F2N4O2. The van der Waals surface area contributed by atoms with E-state index < -0.39 is 31.6 Å². The van der Waals surface area contributed by atoms with Crippen molar-refractivity contribution in [3.63, 3.8) is 0 Å². The number of nitrogens with zero attached hydrogens (tertiary/aromatic N) is 3. The summed E-state index contributed by atoms with van der Waals surface area (Å²) in [5.74, 6) is 5.61. The third kappa shape index (κ3) is 3.21. The highest BCUT2D eigenvalue weighted by molar-refractivity contribution is 5.97. The summed E-state index contributed by atoms with van der Waals surface area (Å²) >= 11 is 0. The first-order valence-corrected chi connectivity index (χ1v) is 10.3. The molecule has 164 valence electrons. The van der Waals surface area contributed by atoms with E-state index in [0.29, 0.717) is 23.4 Å². The topological polar surface area (TPSA) is 59.4 Å². The second-order valence-electron chi connectivity index (χ2n) is 7.66. The first-order chi connectivity index (χ1) is 16.7. The van der Waals surface area contributed by atoms with Gasteiger partial charge in [-0.2, -0.15) is 8.78 Å². The summed E-state index contributed by atoms with van der Waals surface area (Å²) in [6.07, 6.45) is 0.176. The van der Waals surface area contributed by atoms with Gasteiger partial charge in [0.05, 0.1) is 29.7 Å². The van der Waals surface area contributed by atoms with Crippen LogP contribution < -0.4 is 10.1 Å². The number of rotatable bonds is 4. The van der Waals surface area contributed by atoms with Gasteiger partial charge >= 0.3 is 6.61 Å². The lowest BCUT2D eigenvalue weighted by Crippen LogP contribution is -2.30.